The summed E-state index contributed by atoms with van der Waals surface area (Å²) in [7, 11) is 0. The van der Waals surface area contributed by atoms with Gasteiger partial charge in [0.2, 0.25) is 0 Å². The largest absolute Gasteiger partial charge is 0.312 e. The number of benzene rings is 10. The van der Waals surface area contributed by atoms with Gasteiger partial charge in [0.05, 0.1) is 22.2 Å². The second-order valence-electron chi connectivity index (χ2n) is 21.0. The average Bonchev–Trinajstić information content (AvgIpc) is 4.12. The molecule has 0 saturated heterocycles. The van der Waals surface area contributed by atoms with Gasteiger partial charge in [-0.25, -0.2) is 15.0 Å². The number of aromatic nitrogens is 5. The number of fused-ring (bicyclic) bond motifs is 9. The number of para-hydroxylation sites is 3. The van der Waals surface area contributed by atoms with Crippen LogP contribution in [0.15, 0.2) is 249 Å². The maximum atomic E-state index is 5.49. The van der Waals surface area contributed by atoms with Crippen molar-refractivity contribution in [2.75, 3.05) is 0 Å². The standard InChI is InChI=1S/C72H51N5/c1-72(2)60-34-15-12-29-53(60)54-41-40-51(44-61(54)72)70-73-69(50-26-18-25-48(43-50)46-21-6-3-7-22-46)74-71(75-70)59-31-14-17-36-63(59)77-62-35-16-13-30-57(62)67-55(33-20-38-65(67)77)56-32-19-37-64-68(56)58-42-39-49(47-23-8-4-9-24-47)45-66(58)76(64)52-27-10-5-11-28-52/h3-19,21-37,39-45H,20,38H2,1-2H3. The van der Waals surface area contributed by atoms with E-state index in [-0.39, 0.29) is 5.41 Å². The zero-order valence-electron chi connectivity index (χ0n) is 42.8. The van der Waals surface area contributed by atoms with Crippen molar-refractivity contribution in [3.05, 3.63) is 277 Å². The van der Waals surface area contributed by atoms with Crippen LogP contribution in [-0.4, -0.2) is 24.1 Å². The van der Waals surface area contributed by atoms with Gasteiger partial charge in [0.1, 0.15) is 0 Å². The van der Waals surface area contributed by atoms with Gasteiger partial charge in [0.15, 0.2) is 17.5 Å². The smallest absolute Gasteiger partial charge is 0.166 e. The van der Waals surface area contributed by atoms with Gasteiger partial charge in [-0.2, -0.15) is 0 Å². The summed E-state index contributed by atoms with van der Waals surface area (Å²) >= 11 is 0. The Morgan fingerprint density at radius 2 is 0.948 bits per heavy atom. The molecule has 77 heavy (non-hydrogen) atoms. The minimum atomic E-state index is -0.185. The van der Waals surface area contributed by atoms with Gasteiger partial charge in [0, 0.05) is 55.2 Å². The van der Waals surface area contributed by atoms with Crippen molar-refractivity contribution in [3.63, 3.8) is 0 Å². The molecular weight excluding hydrogens is 935 g/mol. The Labute approximate surface area is 447 Å². The van der Waals surface area contributed by atoms with Gasteiger partial charge in [-0.15, -0.1) is 0 Å². The van der Waals surface area contributed by atoms with E-state index in [1.165, 1.54) is 83.0 Å². The summed E-state index contributed by atoms with van der Waals surface area (Å²) in [6, 6.07) is 87.7. The van der Waals surface area contributed by atoms with E-state index in [0.717, 1.165) is 57.6 Å². The van der Waals surface area contributed by atoms with E-state index < -0.39 is 0 Å². The first kappa shape index (κ1) is 44.7. The molecule has 10 aromatic carbocycles. The third kappa shape index (κ3) is 7.18. The fourth-order valence-corrected chi connectivity index (χ4v) is 12.7. The highest BCUT2D eigenvalue weighted by atomic mass is 15.1. The number of hydrogen-bond donors (Lipinski definition) is 0. The average molecular weight is 986 g/mol. The van der Waals surface area contributed by atoms with E-state index in [4.69, 9.17) is 15.0 Å². The SMILES string of the molecule is CC1(C)c2ccccc2-c2ccc(-c3nc(-c4cccc(-c5ccccc5)c4)nc(-c4ccccc4-n4c5c(c6ccccc64)C(c4cccc6c4c4ccc(-c7ccccc7)cc4n6-c4ccccc4)=CCC5)n3)cc21. The quantitative estimate of drug-likeness (QED) is 0.152. The molecule has 0 unspecified atom stereocenters. The van der Waals surface area contributed by atoms with E-state index >= 15 is 0 Å². The Bertz CT molecular complexity index is 4520. The van der Waals surface area contributed by atoms with Gasteiger partial charge in [-0.1, -0.05) is 208 Å². The van der Waals surface area contributed by atoms with Crippen molar-refractivity contribution in [1.82, 2.24) is 24.1 Å². The molecule has 0 saturated carbocycles. The number of allylic oxidation sites excluding steroid dienone is 1. The lowest BCUT2D eigenvalue weighted by Crippen LogP contribution is -2.15. The summed E-state index contributed by atoms with van der Waals surface area (Å²) in [5, 5.41) is 3.70. The fourth-order valence-electron chi connectivity index (χ4n) is 12.7. The van der Waals surface area contributed by atoms with Crippen LogP contribution in [0.5, 0.6) is 0 Å². The van der Waals surface area contributed by atoms with E-state index in [0.29, 0.717) is 17.5 Å². The second-order valence-corrected chi connectivity index (χ2v) is 21.0. The van der Waals surface area contributed by atoms with Crippen molar-refractivity contribution in [1.29, 1.82) is 0 Å². The summed E-state index contributed by atoms with van der Waals surface area (Å²) in [4.78, 5) is 16.3. The summed E-state index contributed by atoms with van der Waals surface area (Å²) in [6.45, 7) is 4.65. The Hall–Kier alpha value is -9.71. The third-order valence-electron chi connectivity index (χ3n) is 16.3. The van der Waals surface area contributed by atoms with E-state index in [1.807, 2.05) is 0 Å². The van der Waals surface area contributed by atoms with Crippen LogP contribution in [0.2, 0.25) is 0 Å². The Morgan fingerprint density at radius 3 is 1.74 bits per heavy atom. The van der Waals surface area contributed by atoms with E-state index in [9.17, 15) is 0 Å². The molecule has 0 N–H and O–H groups in total. The second kappa shape index (κ2) is 17.7. The van der Waals surface area contributed by atoms with Crippen molar-refractivity contribution in [2.45, 2.75) is 32.1 Å². The molecule has 2 aliphatic rings. The highest BCUT2D eigenvalue weighted by molar-refractivity contribution is 6.17. The topological polar surface area (TPSA) is 48.5 Å². The molecule has 3 aromatic heterocycles. The maximum absolute atomic E-state index is 5.49. The summed E-state index contributed by atoms with van der Waals surface area (Å²) in [5.41, 5.74) is 23.2. The van der Waals surface area contributed by atoms with Gasteiger partial charge >= 0.3 is 0 Å². The maximum Gasteiger partial charge on any atom is 0.166 e. The van der Waals surface area contributed by atoms with Gasteiger partial charge in [0.25, 0.3) is 0 Å². The highest BCUT2D eigenvalue weighted by Crippen LogP contribution is 2.50. The van der Waals surface area contributed by atoms with Crippen LogP contribution in [-0.2, 0) is 11.8 Å². The number of nitrogens with zero attached hydrogens (tertiary/aromatic N) is 5. The van der Waals surface area contributed by atoms with Crippen LogP contribution in [0.25, 0.3) is 117 Å². The molecule has 5 heteroatoms. The van der Waals surface area contributed by atoms with Crippen LogP contribution < -0.4 is 0 Å². The van der Waals surface area contributed by atoms with Crippen LogP contribution in [0.4, 0.5) is 0 Å². The summed E-state index contributed by atoms with van der Waals surface area (Å²) in [5.74, 6) is 1.90. The predicted molar refractivity (Wildman–Crippen MR) is 318 cm³/mol. The molecule has 0 atom stereocenters. The van der Waals surface area contributed by atoms with Crippen molar-refractivity contribution >= 4 is 38.3 Å². The number of rotatable bonds is 8. The van der Waals surface area contributed by atoms with Crippen molar-refractivity contribution in [3.8, 4) is 78.9 Å². The monoisotopic (exact) mass is 985 g/mol. The Morgan fingerprint density at radius 1 is 0.377 bits per heavy atom. The molecule has 0 aliphatic heterocycles. The molecule has 0 bridgehead atoms. The Kier molecular flexibility index (Phi) is 10.3. The lowest BCUT2D eigenvalue weighted by Gasteiger charge is -2.22. The van der Waals surface area contributed by atoms with Crippen LogP contribution in [0.3, 0.4) is 0 Å². The van der Waals surface area contributed by atoms with Crippen LogP contribution in [0, 0.1) is 0 Å². The molecule has 0 fully saturated rings. The lowest BCUT2D eigenvalue weighted by atomic mass is 9.82. The van der Waals surface area contributed by atoms with Crippen molar-refractivity contribution < 1.29 is 0 Å². The first-order valence-electron chi connectivity index (χ1n) is 26.7. The summed E-state index contributed by atoms with van der Waals surface area (Å²) < 4.78 is 4.95. The normalized spacial score (nSPS) is 13.4. The van der Waals surface area contributed by atoms with Gasteiger partial charge in [-0.05, 0) is 123 Å². The fraction of sp³-hybridized carbons (Fsp3) is 0.0694. The molecule has 5 nitrogen and oxygen atoms in total. The van der Waals surface area contributed by atoms with Crippen molar-refractivity contribution in [2.24, 2.45) is 0 Å². The molecule has 3 heterocycles. The minimum absolute atomic E-state index is 0.185. The first-order valence-corrected chi connectivity index (χ1v) is 26.7. The molecule has 13 aromatic rings. The highest BCUT2D eigenvalue weighted by Gasteiger charge is 2.36. The van der Waals surface area contributed by atoms with Crippen LogP contribution >= 0.6 is 0 Å². The minimum Gasteiger partial charge on any atom is -0.312 e. The molecule has 0 spiro atoms. The van der Waals surface area contributed by atoms with Gasteiger partial charge < -0.3 is 9.13 Å². The first-order chi connectivity index (χ1) is 38.0. The molecule has 0 radical (unpaired) electrons. The molecule has 2 aliphatic carbocycles. The van der Waals surface area contributed by atoms with E-state index in [2.05, 4.69) is 272 Å². The number of hydrogen-bond acceptors (Lipinski definition) is 3. The molecule has 364 valence electrons. The summed E-state index contributed by atoms with van der Waals surface area (Å²) in [6.07, 6.45) is 4.24. The van der Waals surface area contributed by atoms with Crippen LogP contribution in [0.1, 0.15) is 48.2 Å². The third-order valence-corrected chi connectivity index (χ3v) is 16.3. The lowest BCUT2D eigenvalue weighted by molar-refractivity contribution is 0.660. The molecule has 15 rings (SSSR count). The predicted octanol–water partition coefficient (Wildman–Crippen LogP) is 17.9. The Balaban J connectivity index is 0.921. The zero-order chi connectivity index (χ0) is 51.2. The zero-order valence-corrected chi connectivity index (χ0v) is 42.8. The van der Waals surface area contributed by atoms with Gasteiger partial charge in [-0.3, -0.25) is 0 Å². The van der Waals surface area contributed by atoms with E-state index in [1.54, 1.807) is 0 Å². The molecule has 0 amide bonds. The molecular formula is C72H51N5.